The molecule has 144 valence electrons. The summed E-state index contributed by atoms with van der Waals surface area (Å²) < 4.78 is 11.0. The first-order valence-electron chi connectivity index (χ1n) is 9.25. The van der Waals surface area contributed by atoms with Crippen LogP contribution in [0.4, 0.5) is 17.1 Å². The molecular weight excluding hydrogens is 342 g/mol. The van der Waals surface area contributed by atoms with Gasteiger partial charge in [0.15, 0.2) is 0 Å². The summed E-state index contributed by atoms with van der Waals surface area (Å²) in [7, 11) is 0. The summed E-state index contributed by atoms with van der Waals surface area (Å²) in [6.45, 7) is 8.82. The van der Waals surface area contributed by atoms with E-state index in [1.165, 1.54) is 0 Å². The highest BCUT2D eigenvalue weighted by molar-refractivity contribution is 6.05. The molecule has 27 heavy (non-hydrogen) atoms. The number of rotatable bonds is 5. The van der Waals surface area contributed by atoms with Crippen molar-refractivity contribution >= 4 is 23.0 Å². The quantitative estimate of drug-likeness (QED) is 0.790. The van der Waals surface area contributed by atoms with Crippen LogP contribution in [0.5, 0.6) is 5.75 Å². The number of carbonyl (C=O) groups excluding carboxylic acids is 1. The van der Waals surface area contributed by atoms with Crippen molar-refractivity contribution < 1.29 is 14.3 Å². The number of amides is 1. The third-order valence-corrected chi connectivity index (χ3v) is 4.46. The van der Waals surface area contributed by atoms with Gasteiger partial charge in [-0.2, -0.15) is 0 Å². The Morgan fingerprint density at radius 2 is 1.85 bits per heavy atom. The molecule has 0 saturated carbocycles. The van der Waals surface area contributed by atoms with Crippen LogP contribution in [0.15, 0.2) is 36.4 Å². The van der Waals surface area contributed by atoms with Gasteiger partial charge in [0.2, 0.25) is 0 Å². The average Bonchev–Trinajstić information content (AvgIpc) is 2.64. The standard InChI is InChI=1S/C21H27N3O3/c1-14(2)27-17-6-4-16(5-7-17)21(25)23-19-13-20(18(22)12-15(19)3)24-8-10-26-11-9-24/h4-7,12-14H,8-11,22H2,1-3H3,(H,23,25). The lowest BCUT2D eigenvalue weighted by Gasteiger charge is -2.30. The Hall–Kier alpha value is -2.73. The molecule has 2 aromatic carbocycles. The van der Waals surface area contributed by atoms with Crippen LogP contribution in [0.25, 0.3) is 0 Å². The molecule has 1 aliphatic rings. The van der Waals surface area contributed by atoms with Crippen molar-refractivity contribution in [3.8, 4) is 5.75 Å². The van der Waals surface area contributed by atoms with Gasteiger partial charge in [-0.15, -0.1) is 0 Å². The molecule has 0 bridgehead atoms. The lowest BCUT2D eigenvalue weighted by Crippen LogP contribution is -2.36. The Morgan fingerprint density at radius 3 is 2.48 bits per heavy atom. The molecule has 1 aliphatic heterocycles. The maximum absolute atomic E-state index is 12.7. The van der Waals surface area contributed by atoms with E-state index in [-0.39, 0.29) is 12.0 Å². The van der Waals surface area contributed by atoms with Crippen LogP contribution in [0, 0.1) is 6.92 Å². The molecule has 0 radical (unpaired) electrons. The lowest BCUT2D eigenvalue weighted by molar-refractivity contribution is 0.102. The summed E-state index contributed by atoms with van der Waals surface area (Å²) in [5.41, 5.74) is 10.1. The van der Waals surface area contributed by atoms with Gasteiger partial charge in [0.05, 0.1) is 30.7 Å². The molecule has 1 heterocycles. The number of nitrogen functional groups attached to an aromatic ring is 1. The van der Waals surface area contributed by atoms with Crippen molar-refractivity contribution in [2.75, 3.05) is 42.3 Å². The third-order valence-electron chi connectivity index (χ3n) is 4.46. The third kappa shape index (κ3) is 4.71. The van der Waals surface area contributed by atoms with Crippen LogP contribution >= 0.6 is 0 Å². The van der Waals surface area contributed by atoms with Crippen LogP contribution in [-0.4, -0.2) is 38.3 Å². The molecule has 6 heteroatoms. The normalized spacial score (nSPS) is 14.3. The van der Waals surface area contributed by atoms with Crippen LogP contribution in [0.1, 0.15) is 29.8 Å². The van der Waals surface area contributed by atoms with Crippen molar-refractivity contribution in [3.05, 3.63) is 47.5 Å². The molecule has 1 amide bonds. The predicted molar refractivity (Wildman–Crippen MR) is 109 cm³/mol. The smallest absolute Gasteiger partial charge is 0.255 e. The second-order valence-electron chi connectivity index (χ2n) is 6.97. The minimum atomic E-state index is -0.160. The fourth-order valence-corrected chi connectivity index (χ4v) is 3.08. The maximum Gasteiger partial charge on any atom is 0.255 e. The highest BCUT2D eigenvalue weighted by Gasteiger charge is 2.17. The van der Waals surface area contributed by atoms with Gasteiger partial charge in [-0.3, -0.25) is 4.79 Å². The first kappa shape index (κ1) is 19.0. The molecule has 0 unspecified atom stereocenters. The number of aryl methyl sites for hydroxylation is 1. The van der Waals surface area contributed by atoms with E-state index in [0.29, 0.717) is 24.5 Å². The number of anilines is 3. The summed E-state index contributed by atoms with van der Waals surface area (Å²) in [5.74, 6) is 0.590. The number of morpholine rings is 1. The zero-order chi connectivity index (χ0) is 19.4. The number of hydrogen-bond acceptors (Lipinski definition) is 5. The van der Waals surface area contributed by atoms with Gasteiger partial charge in [0.25, 0.3) is 5.91 Å². The van der Waals surface area contributed by atoms with Gasteiger partial charge in [0, 0.05) is 24.3 Å². The second kappa shape index (κ2) is 8.31. The van der Waals surface area contributed by atoms with Gasteiger partial charge >= 0.3 is 0 Å². The van der Waals surface area contributed by atoms with E-state index in [2.05, 4.69) is 10.2 Å². The Morgan fingerprint density at radius 1 is 1.19 bits per heavy atom. The molecule has 2 aromatic rings. The summed E-state index contributed by atoms with van der Waals surface area (Å²) in [5, 5.41) is 3.00. The Bertz CT molecular complexity index is 797. The van der Waals surface area contributed by atoms with E-state index in [0.717, 1.165) is 35.8 Å². The Balaban J connectivity index is 1.77. The Kier molecular flexibility index (Phi) is 5.86. The van der Waals surface area contributed by atoms with E-state index in [1.54, 1.807) is 12.1 Å². The fourth-order valence-electron chi connectivity index (χ4n) is 3.08. The topological polar surface area (TPSA) is 76.8 Å². The monoisotopic (exact) mass is 369 g/mol. The first-order chi connectivity index (χ1) is 12.9. The second-order valence-corrected chi connectivity index (χ2v) is 6.97. The van der Waals surface area contributed by atoms with Crippen LogP contribution in [-0.2, 0) is 4.74 Å². The minimum absolute atomic E-state index is 0.0979. The van der Waals surface area contributed by atoms with Crippen molar-refractivity contribution in [2.45, 2.75) is 26.9 Å². The van der Waals surface area contributed by atoms with Crippen LogP contribution in [0.2, 0.25) is 0 Å². The molecule has 0 atom stereocenters. The number of nitrogens with two attached hydrogens (primary N) is 1. The zero-order valence-corrected chi connectivity index (χ0v) is 16.1. The fraction of sp³-hybridized carbons (Fsp3) is 0.381. The molecule has 0 aromatic heterocycles. The molecule has 3 N–H and O–H groups in total. The number of ether oxygens (including phenoxy) is 2. The first-order valence-corrected chi connectivity index (χ1v) is 9.25. The average molecular weight is 369 g/mol. The molecule has 0 aliphatic carbocycles. The van der Waals surface area contributed by atoms with Gasteiger partial charge < -0.3 is 25.4 Å². The minimum Gasteiger partial charge on any atom is -0.491 e. The molecule has 6 nitrogen and oxygen atoms in total. The van der Waals surface area contributed by atoms with Gasteiger partial charge in [-0.05, 0) is 62.7 Å². The van der Waals surface area contributed by atoms with E-state index in [4.69, 9.17) is 15.2 Å². The van der Waals surface area contributed by atoms with Gasteiger partial charge in [-0.1, -0.05) is 0 Å². The maximum atomic E-state index is 12.7. The highest BCUT2D eigenvalue weighted by atomic mass is 16.5. The molecular formula is C21H27N3O3. The number of nitrogens with zero attached hydrogens (tertiary/aromatic N) is 1. The number of nitrogens with one attached hydrogen (secondary N) is 1. The lowest BCUT2D eigenvalue weighted by atomic mass is 10.1. The predicted octanol–water partition coefficient (Wildman–Crippen LogP) is 3.45. The molecule has 1 fully saturated rings. The summed E-state index contributed by atoms with van der Waals surface area (Å²) in [6, 6.07) is 11.0. The van der Waals surface area contributed by atoms with E-state index in [9.17, 15) is 4.79 Å². The molecule has 1 saturated heterocycles. The summed E-state index contributed by atoms with van der Waals surface area (Å²) in [6.07, 6.45) is 0.0979. The van der Waals surface area contributed by atoms with Gasteiger partial charge in [0.1, 0.15) is 5.75 Å². The van der Waals surface area contributed by atoms with Crippen molar-refractivity contribution in [1.29, 1.82) is 0 Å². The van der Waals surface area contributed by atoms with E-state index >= 15 is 0 Å². The number of carbonyl (C=O) groups is 1. The van der Waals surface area contributed by atoms with Gasteiger partial charge in [-0.25, -0.2) is 0 Å². The van der Waals surface area contributed by atoms with E-state index in [1.807, 2.05) is 45.0 Å². The molecule has 3 rings (SSSR count). The SMILES string of the molecule is Cc1cc(N)c(N2CCOCC2)cc1NC(=O)c1ccc(OC(C)C)cc1. The van der Waals surface area contributed by atoms with Crippen molar-refractivity contribution in [2.24, 2.45) is 0 Å². The molecule has 0 spiro atoms. The van der Waals surface area contributed by atoms with Crippen LogP contribution < -0.4 is 20.7 Å². The largest absolute Gasteiger partial charge is 0.491 e. The van der Waals surface area contributed by atoms with Crippen molar-refractivity contribution in [3.63, 3.8) is 0 Å². The van der Waals surface area contributed by atoms with Crippen LogP contribution in [0.3, 0.4) is 0 Å². The van der Waals surface area contributed by atoms with Crippen molar-refractivity contribution in [1.82, 2.24) is 0 Å². The highest BCUT2D eigenvalue weighted by Crippen LogP contribution is 2.31. The zero-order valence-electron chi connectivity index (χ0n) is 16.1. The number of hydrogen-bond donors (Lipinski definition) is 2. The summed E-state index contributed by atoms with van der Waals surface area (Å²) in [4.78, 5) is 14.8. The number of benzene rings is 2. The van der Waals surface area contributed by atoms with E-state index < -0.39 is 0 Å². The summed E-state index contributed by atoms with van der Waals surface area (Å²) >= 11 is 0. The Labute approximate surface area is 160 Å².